The highest BCUT2D eigenvalue weighted by molar-refractivity contribution is 6.13. The van der Waals surface area contributed by atoms with E-state index in [-0.39, 0.29) is 5.91 Å². The minimum atomic E-state index is -0.0649. The van der Waals surface area contributed by atoms with Crippen molar-refractivity contribution in [2.45, 2.75) is 0 Å². The molecule has 4 nitrogen and oxygen atoms in total. The van der Waals surface area contributed by atoms with E-state index in [9.17, 15) is 4.79 Å². The van der Waals surface area contributed by atoms with Gasteiger partial charge in [-0.1, -0.05) is 72.8 Å². The average molecular weight is 403 g/mol. The van der Waals surface area contributed by atoms with Gasteiger partial charge in [-0.2, -0.15) is 0 Å². The van der Waals surface area contributed by atoms with Crippen LogP contribution >= 0.6 is 0 Å². The zero-order chi connectivity index (χ0) is 21.2. The van der Waals surface area contributed by atoms with Crippen LogP contribution in [0.5, 0.6) is 0 Å². The Morgan fingerprint density at radius 1 is 0.774 bits per heavy atom. The third-order valence-corrected chi connectivity index (χ3v) is 5.44. The average Bonchev–Trinajstić information content (AvgIpc) is 3.11. The van der Waals surface area contributed by atoms with E-state index in [0.717, 1.165) is 28.0 Å². The second-order valence-corrected chi connectivity index (χ2v) is 7.40. The van der Waals surface area contributed by atoms with Gasteiger partial charge < -0.3 is 0 Å². The predicted octanol–water partition coefficient (Wildman–Crippen LogP) is 5.75. The number of amides is 1. The van der Waals surface area contributed by atoms with Crippen LogP contribution in [-0.4, -0.2) is 22.9 Å². The molecule has 31 heavy (non-hydrogen) atoms. The molecule has 0 bridgehead atoms. The molecule has 1 aromatic heterocycles. The molecule has 1 aliphatic heterocycles. The summed E-state index contributed by atoms with van der Waals surface area (Å²) in [4.78, 5) is 17.9. The van der Waals surface area contributed by atoms with Crippen LogP contribution in [0, 0.1) is 0 Å². The minimum absolute atomic E-state index is 0.0649. The van der Waals surface area contributed by atoms with Gasteiger partial charge in [-0.05, 0) is 47.0 Å². The first-order valence-electron chi connectivity index (χ1n) is 10.2. The van der Waals surface area contributed by atoms with Gasteiger partial charge in [0.25, 0.3) is 5.91 Å². The van der Waals surface area contributed by atoms with Gasteiger partial charge in [-0.25, -0.2) is 9.99 Å². The second-order valence-electron chi connectivity index (χ2n) is 7.40. The van der Waals surface area contributed by atoms with Crippen molar-refractivity contribution in [1.29, 1.82) is 0 Å². The van der Waals surface area contributed by atoms with E-state index in [4.69, 9.17) is 0 Å². The Hall–Kier alpha value is -4.18. The Kier molecular flexibility index (Phi) is 4.81. The predicted molar refractivity (Wildman–Crippen MR) is 125 cm³/mol. The van der Waals surface area contributed by atoms with Crippen molar-refractivity contribution in [3.63, 3.8) is 0 Å². The Balaban J connectivity index is 1.66. The molecule has 1 amide bonds. The molecule has 0 fully saturated rings. The molecular formula is C27H21N3O. The molecule has 3 aromatic carbocycles. The molecular weight excluding hydrogens is 382 g/mol. The lowest BCUT2D eigenvalue weighted by atomic mass is 9.98. The van der Waals surface area contributed by atoms with Gasteiger partial charge in [-0.15, -0.1) is 0 Å². The van der Waals surface area contributed by atoms with E-state index in [1.165, 1.54) is 0 Å². The standard InChI is InChI=1S/C27H21N3O/c1-29(26-14-8-9-17-28-26)30-25(18-20-10-4-2-5-11-20)24-19-22(15-16-23(24)27(30)31)21-12-6-3-7-13-21/h2-19H,1H3. The molecule has 0 spiro atoms. The van der Waals surface area contributed by atoms with Crippen LogP contribution in [0.15, 0.2) is 103 Å². The molecule has 0 aliphatic carbocycles. The number of rotatable bonds is 4. The monoisotopic (exact) mass is 403 g/mol. The number of carbonyl (C=O) groups excluding carboxylic acids is 1. The second kappa shape index (κ2) is 7.92. The molecule has 0 unspecified atom stereocenters. The van der Waals surface area contributed by atoms with Crippen LogP contribution in [0.1, 0.15) is 21.5 Å². The van der Waals surface area contributed by atoms with E-state index in [1.807, 2.05) is 85.9 Å². The van der Waals surface area contributed by atoms with Gasteiger partial charge in [-0.3, -0.25) is 9.80 Å². The highest BCUT2D eigenvalue weighted by atomic mass is 16.2. The maximum Gasteiger partial charge on any atom is 0.277 e. The maximum absolute atomic E-state index is 13.5. The van der Waals surface area contributed by atoms with Gasteiger partial charge in [0.05, 0.1) is 11.3 Å². The molecule has 2 heterocycles. The van der Waals surface area contributed by atoms with Crippen LogP contribution in [0.25, 0.3) is 22.9 Å². The van der Waals surface area contributed by atoms with Crippen LogP contribution in [0.4, 0.5) is 5.82 Å². The fraction of sp³-hybridized carbons (Fsp3) is 0.0370. The van der Waals surface area contributed by atoms with Crippen LogP contribution in [0.3, 0.4) is 0 Å². The summed E-state index contributed by atoms with van der Waals surface area (Å²) in [6.07, 6.45) is 3.78. The summed E-state index contributed by atoms with van der Waals surface area (Å²) in [5, 5.41) is 3.51. The van der Waals surface area contributed by atoms with Crippen molar-refractivity contribution in [1.82, 2.24) is 9.99 Å². The molecule has 0 saturated carbocycles. The number of benzene rings is 3. The molecule has 0 N–H and O–H groups in total. The Bertz CT molecular complexity index is 1250. The third-order valence-electron chi connectivity index (χ3n) is 5.44. The largest absolute Gasteiger partial charge is 0.277 e. The molecule has 4 aromatic rings. The number of hydrazine groups is 1. The van der Waals surface area contributed by atoms with E-state index >= 15 is 0 Å². The molecule has 4 heteroatoms. The van der Waals surface area contributed by atoms with E-state index in [2.05, 4.69) is 29.3 Å². The van der Waals surface area contributed by atoms with Gasteiger partial charge in [0.1, 0.15) is 5.82 Å². The van der Waals surface area contributed by atoms with Crippen molar-refractivity contribution in [2.75, 3.05) is 12.1 Å². The number of hydrogen-bond acceptors (Lipinski definition) is 3. The molecule has 150 valence electrons. The quantitative estimate of drug-likeness (QED) is 0.435. The molecule has 1 aliphatic rings. The van der Waals surface area contributed by atoms with Crippen molar-refractivity contribution < 1.29 is 4.79 Å². The Morgan fingerprint density at radius 2 is 1.48 bits per heavy atom. The van der Waals surface area contributed by atoms with Gasteiger partial charge in [0.2, 0.25) is 0 Å². The van der Waals surface area contributed by atoms with Crippen LogP contribution < -0.4 is 5.01 Å². The molecule has 0 radical (unpaired) electrons. The van der Waals surface area contributed by atoms with Gasteiger partial charge in [0, 0.05) is 18.8 Å². The summed E-state index contributed by atoms with van der Waals surface area (Å²) >= 11 is 0. The lowest BCUT2D eigenvalue weighted by molar-refractivity contribution is 0.0844. The van der Waals surface area contributed by atoms with Crippen LogP contribution in [0.2, 0.25) is 0 Å². The summed E-state index contributed by atoms with van der Waals surface area (Å²) < 4.78 is 0. The van der Waals surface area contributed by atoms with E-state index in [0.29, 0.717) is 11.4 Å². The molecule has 0 saturated heterocycles. The number of anilines is 1. The normalized spacial score (nSPS) is 14.0. The fourth-order valence-electron chi connectivity index (χ4n) is 3.88. The summed E-state index contributed by atoms with van der Waals surface area (Å²) in [7, 11) is 1.86. The zero-order valence-corrected chi connectivity index (χ0v) is 17.1. The first-order chi connectivity index (χ1) is 15.2. The summed E-state index contributed by atoms with van der Waals surface area (Å²) in [5.41, 5.74) is 5.66. The number of aromatic nitrogens is 1. The highest BCUT2D eigenvalue weighted by Gasteiger charge is 2.36. The minimum Gasteiger partial charge on any atom is -0.267 e. The van der Waals surface area contributed by atoms with Crippen molar-refractivity contribution in [2.24, 2.45) is 0 Å². The molecule has 5 rings (SSSR count). The first kappa shape index (κ1) is 18.8. The third kappa shape index (κ3) is 3.49. The van der Waals surface area contributed by atoms with E-state index in [1.54, 1.807) is 16.2 Å². The number of pyridine rings is 1. The SMILES string of the molecule is CN(c1ccccn1)N1C(=O)c2ccc(-c3ccccc3)cc2C1=Cc1ccccc1. The fourth-order valence-corrected chi connectivity index (χ4v) is 3.88. The number of hydrogen-bond donors (Lipinski definition) is 0. The Labute approximate surface area is 181 Å². The number of nitrogens with zero attached hydrogens (tertiary/aromatic N) is 3. The van der Waals surface area contributed by atoms with Crippen molar-refractivity contribution >= 4 is 23.5 Å². The number of carbonyl (C=O) groups is 1. The smallest absolute Gasteiger partial charge is 0.267 e. The summed E-state index contributed by atoms with van der Waals surface area (Å²) in [5.74, 6) is 0.635. The first-order valence-corrected chi connectivity index (χ1v) is 10.2. The summed E-state index contributed by atoms with van der Waals surface area (Å²) in [6, 6.07) is 32.0. The van der Waals surface area contributed by atoms with Crippen molar-refractivity contribution in [3.8, 4) is 11.1 Å². The zero-order valence-electron chi connectivity index (χ0n) is 17.1. The topological polar surface area (TPSA) is 36.4 Å². The van der Waals surface area contributed by atoms with Gasteiger partial charge >= 0.3 is 0 Å². The maximum atomic E-state index is 13.5. The molecule has 0 atom stereocenters. The highest BCUT2D eigenvalue weighted by Crippen LogP contribution is 2.38. The van der Waals surface area contributed by atoms with Crippen molar-refractivity contribution in [3.05, 3.63) is 120 Å². The Morgan fingerprint density at radius 3 is 2.19 bits per heavy atom. The van der Waals surface area contributed by atoms with Gasteiger partial charge in [0.15, 0.2) is 0 Å². The lowest BCUT2D eigenvalue weighted by Gasteiger charge is -2.30. The van der Waals surface area contributed by atoms with E-state index < -0.39 is 0 Å². The number of fused-ring (bicyclic) bond motifs is 1. The lowest BCUT2D eigenvalue weighted by Crippen LogP contribution is -2.39. The summed E-state index contributed by atoms with van der Waals surface area (Å²) in [6.45, 7) is 0. The van der Waals surface area contributed by atoms with Crippen LogP contribution in [-0.2, 0) is 0 Å².